The predicted octanol–water partition coefficient (Wildman–Crippen LogP) is 5.40. The molecule has 1 heterocycles. The van der Waals surface area contributed by atoms with Gasteiger partial charge >= 0.3 is 6.01 Å². The lowest BCUT2D eigenvalue weighted by Gasteiger charge is -2.11. The highest BCUT2D eigenvalue weighted by molar-refractivity contribution is 6.42. The zero-order valence-electron chi connectivity index (χ0n) is 12.5. The summed E-state index contributed by atoms with van der Waals surface area (Å²) in [6, 6.07) is 10.9. The number of nitrogens with one attached hydrogen (secondary N) is 1. The van der Waals surface area contributed by atoms with E-state index in [1.807, 2.05) is 0 Å². The number of ether oxygens (including phenoxy) is 1. The van der Waals surface area contributed by atoms with E-state index in [-0.39, 0.29) is 17.7 Å². The summed E-state index contributed by atoms with van der Waals surface area (Å²) in [5.74, 6) is 0.490. The van der Waals surface area contributed by atoms with Gasteiger partial charge in [0.15, 0.2) is 6.10 Å². The molecule has 0 aliphatic carbocycles. The summed E-state index contributed by atoms with van der Waals surface area (Å²) in [6.45, 7) is 1.76. The molecule has 0 aliphatic rings. The quantitative estimate of drug-likeness (QED) is 0.654. The molecule has 3 aromatic rings. The molecule has 0 amide bonds. The third-order valence-corrected chi connectivity index (χ3v) is 3.83. The van der Waals surface area contributed by atoms with Crippen LogP contribution in [0, 0.1) is 5.82 Å². The number of anilines is 2. The fourth-order valence-electron chi connectivity index (χ4n) is 1.91. The van der Waals surface area contributed by atoms with Gasteiger partial charge in [0.1, 0.15) is 11.6 Å². The standard InChI is InChI=1S/C16H12Cl2FN3O2/c1-9(23-12-6-7-13(17)14(18)8-12)15-21-22-16(24-15)20-11-4-2-10(19)3-5-11/h2-9H,1H3,(H,20,22). The van der Waals surface area contributed by atoms with Crippen LogP contribution in [0.4, 0.5) is 16.1 Å². The molecule has 3 rings (SSSR count). The summed E-state index contributed by atoms with van der Waals surface area (Å²) in [5.41, 5.74) is 0.629. The maximum atomic E-state index is 12.9. The van der Waals surface area contributed by atoms with Gasteiger partial charge in [0.05, 0.1) is 10.0 Å². The molecule has 1 aromatic heterocycles. The van der Waals surface area contributed by atoms with Crippen LogP contribution in [0.5, 0.6) is 5.75 Å². The zero-order chi connectivity index (χ0) is 17.1. The van der Waals surface area contributed by atoms with Crippen LogP contribution in [-0.2, 0) is 0 Å². The predicted molar refractivity (Wildman–Crippen MR) is 89.5 cm³/mol. The highest BCUT2D eigenvalue weighted by Crippen LogP contribution is 2.29. The maximum absolute atomic E-state index is 12.9. The molecule has 1 N–H and O–H groups in total. The highest BCUT2D eigenvalue weighted by atomic mass is 35.5. The summed E-state index contributed by atoms with van der Waals surface area (Å²) < 4.78 is 24.1. The average molecular weight is 368 g/mol. The van der Waals surface area contributed by atoms with Crippen LogP contribution in [0.25, 0.3) is 0 Å². The van der Waals surface area contributed by atoms with Crippen LogP contribution < -0.4 is 10.1 Å². The number of benzene rings is 2. The Bertz CT molecular complexity index is 840. The fraction of sp³-hybridized carbons (Fsp3) is 0.125. The van der Waals surface area contributed by atoms with E-state index in [1.165, 1.54) is 12.1 Å². The van der Waals surface area contributed by atoms with Crippen LogP contribution in [0.15, 0.2) is 46.9 Å². The van der Waals surface area contributed by atoms with Crippen LogP contribution in [-0.4, -0.2) is 10.2 Å². The van der Waals surface area contributed by atoms with E-state index in [2.05, 4.69) is 15.5 Å². The van der Waals surface area contributed by atoms with Crippen LogP contribution in [0.2, 0.25) is 10.0 Å². The molecular formula is C16H12Cl2FN3O2. The molecule has 124 valence electrons. The molecule has 1 unspecified atom stereocenters. The van der Waals surface area contributed by atoms with Gasteiger partial charge in [-0.05, 0) is 43.3 Å². The first-order valence-corrected chi connectivity index (χ1v) is 7.74. The number of hydrogen-bond acceptors (Lipinski definition) is 5. The van der Waals surface area contributed by atoms with Crippen molar-refractivity contribution in [2.24, 2.45) is 0 Å². The van der Waals surface area contributed by atoms with E-state index >= 15 is 0 Å². The van der Waals surface area contributed by atoms with Crippen LogP contribution >= 0.6 is 23.2 Å². The summed E-state index contributed by atoms with van der Waals surface area (Å²) in [6.07, 6.45) is -0.487. The number of rotatable bonds is 5. The second-order valence-corrected chi connectivity index (χ2v) is 5.73. The van der Waals surface area contributed by atoms with E-state index in [4.69, 9.17) is 32.4 Å². The first kappa shape index (κ1) is 16.5. The van der Waals surface area contributed by atoms with E-state index in [1.54, 1.807) is 37.3 Å². The number of hydrogen-bond donors (Lipinski definition) is 1. The summed E-state index contributed by atoms with van der Waals surface area (Å²) in [7, 11) is 0. The lowest BCUT2D eigenvalue weighted by molar-refractivity contribution is 0.190. The molecule has 0 aliphatic heterocycles. The molecule has 2 aromatic carbocycles. The number of nitrogens with zero attached hydrogens (tertiary/aromatic N) is 2. The van der Waals surface area contributed by atoms with Crippen molar-refractivity contribution in [2.75, 3.05) is 5.32 Å². The van der Waals surface area contributed by atoms with Gasteiger partial charge in [0.25, 0.3) is 5.89 Å². The van der Waals surface area contributed by atoms with Crippen molar-refractivity contribution in [1.82, 2.24) is 10.2 Å². The Morgan fingerprint density at radius 2 is 1.83 bits per heavy atom. The van der Waals surface area contributed by atoms with E-state index in [0.717, 1.165) is 0 Å². The molecule has 0 fully saturated rings. The summed E-state index contributed by atoms with van der Waals surface area (Å²) >= 11 is 11.8. The fourth-order valence-corrected chi connectivity index (χ4v) is 2.20. The van der Waals surface area contributed by atoms with Crippen molar-refractivity contribution in [3.8, 4) is 5.75 Å². The number of aromatic nitrogens is 2. The Labute approximate surface area is 147 Å². The second-order valence-electron chi connectivity index (χ2n) is 4.91. The molecular weight excluding hydrogens is 356 g/mol. The Hall–Kier alpha value is -2.31. The van der Waals surface area contributed by atoms with Gasteiger partial charge in [-0.2, -0.15) is 0 Å². The third kappa shape index (κ3) is 3.96. The smallest absolute Gasteiger partial charge is 0.320 e. The SMILES string of the molecule is CC(Oc1ccc(Cl)c(Cl)c1)c1nnc(Nc2ccc(F)cc2)o1. The van der Waals surface area contributed by atoms with Crippen molar-refractivity contribution in [2.45, 2.75) is 13.0 Å². The van der Waals surface area contributed by atoms with Crippen molar-refractivity contribution in [1.29, 1.82) is 0 Å². The zero-order valence-corrected chi connectivity index (χ0v) is 14.0. The van der Waals surface area contributed by atoms with Crippen molar-refractivity contribution in [3.63, 3.8) is 0 Å². The summed E-state index contributed by atoms with van der Waals surface area (Å²) in [4.78, 5) is 0. The summed E-state index contributed by atoms with van der Waals surface area (Å²) in [5, 5.41) is 11.5. The Morgan fingerprint density at radius 3 is 2.54 bits per heavy atom. The Morgan fingerprint density at radius 1 is 1.08 bits per heavy atom. The Balaban J connectivity index is 1.67. The molecule has 0 bridgehead atoms. The minimum Gasteiger partial charge on any atom is -0.481 e. The van der Waals surface area contributed by atoms with E-state index < -0.39 is 6.10 Å². The van der Waals surface area contributed by atoms with Gasteiger partial charge in [-0.15, -0.1) is 5.10 Å². The Kier molecular flexibility index (Phi) is 4.87. The van der Waals surface area contributed by atoms with Gasteiger partial charge in [-0.3, -0.25) is 0 Å². The lowest BCUT2D eigenvalue weighted by atomic mass is 10.3. The van der Waals surface area contributed by atoms with Gasteiger partial charge in [-0.1, -0.05) is 28.3 Å². The maximum Gasteiger partial charge on any atom is 0.320 e. The molecule has 1 atom stereocenters. The molecule has 0 radical (unpaired) electrons. The van der Waals surface area contributed by atoms with E-state index in [0.29, 0.717) is 21.5 Å². The molecule has 0 spiro atoms. The molecule has 0 saturated heterocycles. The third-order valence-electron chi connectivity index (χ3n) is 3.09. The first-order valence-electron chi connectivity index (χ1n) is 6.99. The minimum atomic E-state index is -0.487. The minimum absolute atomic E-state index is 0.182. The van der Waals surface area contributed by atoms with Gasteiger partial charge in [-0.25, -0.2) is 4.39 Å². The van der Waals surface area contributed by atoms with Crippen molar-refractivity contribution < 1.29 is 13.5 Å². The van der Waals surface area contributed by atoms with Crippen LogP contribution in [0.1, 0.15) is 18.9 Å². The largest absolute Gasteiger partial charge is 0.481 e. The molecule has 0 saturated carbocycles. The van der Waals surface area contributed by atoms with E-state index in [9.17, 15) is 4.39 Å². The normalized spacial score (nSPS) is 12.0. The molecule has 5 nitrogen and oxygen atoms in total. The van der Waals surface area contributed by atoms with Gasteiger partial charge in [0.2, 0.25) is 0 Å². The van der Waals surface area contributed by atoms with Gasteiger partial charge in [0, 0.05) is 11.8 Å². The first-order chi connectivity index (χ1) is 11.5. The topological polar surface area (TPSA) is 60.2 Å². The van der Waals surface area contributed by atoms with Gasteiger partial charge < -0.3 is 14.5 Å². The molecule has 24 heavy (non-hydrogen) atoms. The highest BCUT2D eigenvalue weighted by Gasteiger charge is 2.16. The van der Waals surface area contributed by atoms with Crippen LogP contribution in [0.3, 0.4) is 0 Å². The number of halogens is 3. The monoisotopic (exact) mass is 367 g/mol. The van der Waals surface area contributed by atoms with Crippen molar-refractivity contribution in [3.05, 3.63) is 64.2 Å². The second kappa shape index (κ2) is 7.07. The molecule has 8 heteroatoms. The van der Waals surface area contributed by atoms with Crippen molar-refractivity contribution >= 4 is 34.9 Å². The lowest BCUT2D eigenvalue weighted by Crippen LogP contribution is -2.03. The average Bonchev–Trinajstić information content (AvgIpc) is 3.02.